The quantitative estimate of drug-likeness (QED) is 0.633. The van der Waals surface area contributed by atoms with Crippen molar-refractivity contribution < 1.29 is 9.90 Å². The summed E-state index contributed by atoms with van der Waals surface area (Å²) in [6, 6.07) is 3.04. The number of nitrogen functional groups attached to an aromatic ring is 1. The number of carboxylic acid groups (broad SMARTS) is 1. The molecule has 0 amide bonds. The van der Waals surface area contributed by atoms with Crippen LogP contribution in [0, 0.1) is 5.92 Å². The van der Waals surface area contributed by atoms with Gasteiger partial charge >= 0.3 is 5.97 Å². The Morgan fingerprint density at radius 3 is 2.71 bits per heavy atom. The number of benzene rings is 1. The summed E-state index contributed by atoms with van der Waals surface area (Å²) in [5.74, 6) is 0.441. The summed E-state index contributed by atoms with van der Waals surface area (Å²) in [4.78, 5) is 11.7. The van der Waals surface area contributed by atoms with Crippen molar-refractivity contribution >= 4 is 35.0 Å². The Labute approximate surface area is 110 Å². The maximum atomic E-state index is 11.1. The molecule has 1 aromatic carbocycles. The summed E-state index contributed by atoms with van der Waals surface area (Å²) < 4.78 is 0. The van der Waals surface area contributed by atoms with Crippen LogP contribution >= 0.6 is 23.4 Å². The van der Waals surface area contributed by atoms with Crippen LogP contribution in [0.25, 0.3) is 0 Å². The first kappa shape index (κ1) is 14.2. The minimum atomic E-state index is -0.994. The van der Waals surface area contributed by atoms with E-state index in [0.717, 1.165) is 12.2 Å². The molecule has 0 spiro atoms. The molecule has 1 rings (SSSR count). The molecule has 3 N–H and O–H groups in total. The Balaban J connectivity index is 2.92. The molecule has 0 saturated heterocycles. The molecule has 0 unspecified atom stereocenters. The summed E-state index contributed by atoms with van der Waals surface area (Å²) >= 11 is 7.50. The molecule has 0 radical (unpaired) electrons. The van der Waals surface area contributed by atoms with E-state index in [4.69, 9.17) is 22.4 Å². The second-order valence-electron chi connectivity index (χ2n) is 4.22. The van der Waals surface area contributed by atoms with E-state index in [1.807, 2.05) is 0 Å². The van der Waals surface area contributed by atoms with Crippen LogP contribution in [0.15, 0.2) is 17.0 Å². The minimum Gasteiger partial charge on any atom is -0.478 e. The van der Waals surface area contributed by atoms with E-state index in [0.29, 0.717) is 21.5 Å². The van der Waals surface area contributed by atoms with Crippen LogP contribution in [-0.2, 0) is 0 Å². The Kier molecular flexibility index (Phi) is 5.15. The van der Waals surface area contributed by atoms with E-state index >= 15 is 0 Å². The van der Waals surface area contributed by atoms with Crippen molar-refractivity contribution in [2.75, 3.05) is 11.5 Å². The molecular weight excluding hydrogens is 258 g/mol. The molecule has 5 heteroatoms. The highest BCUT2D eigenvalue weighted by Gasteiger charge is 2.15. The molecule has 3 nitrogen and oxygen atoms in total. The number of aromatic carboxylic acids is 1. The smallest absolute Gasteiger partial charge is 0.336 e. The lowest BCUT2D eigenvalue weighted by Gasteiger charge is -2.10. The number of carboxylic acids is 1. The van der Waals surface area contributed by atoms with Crippen LogP contribution in [0.3, 0.4) is 0 Å². The van der Waals surface area contributed by atoms with E-state index in [1.165, 1.54) is 17.8 Å². The van der Waals surface area contributed by atoms with Gasteiger partial charge in [-0.1, -0.05) is 25.4 Å². The predicted octanol–water partition coefficient (Wildman–Crippen LogP) is 3.76. The molecule has 0 atom stereocenters. The SMILES string of the molecule is CC(C)CCSc1c(Cl)cc(N)cc1C(=O)O. The van der Waals surface area contributed by atoms with E-state index < -0.39 is 5.97 Å². The lowest BCUT2D eigenvalue weighted by atomic mass is 10.2. The second kappa shape index (κ2) is 6.17. The molecule has 0 aliphatic heterocycles. The average molecular weight is 274 g/mol. The number of hydrogen-bond acceptors (Lipinski definition) is 3. The second-order valence-corrected chi connectivity index (χ2v) is 5.73. The molecule has 0 aliphatic carbocycles. The molecule has 0 fully saturated rings. The first-order chi connectivity index (χ1) is 7.91. The normalized spacial score (nSPS) is 10.8. The third-order valence-electron chi connectivity index (χ3n) is 2.24. The highest BCUT2D eigenvalue weighted by atomic mass is 35.5. The predicted molar refractivity (Wildman–Crippen MR) is 73.0 cm³/mol. The number of rotatable bonds is 5. The maximum Gasteiger partial charge on any atom is 0.336 e. The molecule has 1 aromatic rings. The monoisotopic (exact) mass is 273 g/mol. The van der Waals surface area contributed by atoms with Gasteiger partial charge in [0.1, 0.15) is 0 Å². The van der Waals surface area contributed by atoms with E-state index in [9.17, 15) is 4.79 Å². The zero-order valence-corrected chi connectivity index (χ0v) is 11.4. The van der Waals surface area contributed by atoms with Crippen molar-refractivity contribution in [1.29, 1.82) is 0 Å². The van der Waals surface area contributed by atoms with Gasteiger partial charge in [0.2, 0.25) is 0 Å². The Bertz CT molecular complexity index is 421. The van der Waals surface area contributed by atoms with Gasteiger partial charge in [-0.25, -0.2) is 4.79 Å². The summed E-state index contributed by atoms with van der Waals surface area (Å²) in [5.41, 5.74) is 6.15. The third kappa shape index (κ3) is 4.13. The van der Waals surface area contributed by atoms with Gasteiger partial charge in [-0.2, -0.15) is 0 Å². The number of nitrogens with two attached hydrogens (primary N) is 1. The fourth-order valence-corrected chi connectivity index (χ4v) is 3.00. The average Bonchev–Trinajstić information content (AvgIpc) is 2.19. The van der Waals surface area contributed by atoms with Gasteiger partial charge in [0.15, 0.2) is 0 Å². The number of halogens is 1. The maximum absolute atomic E-state index is 11.1. The molecule has 17 heavy (non-hydrogen) atoms. The van der Waals surface area contributed by atoms with Crippen molar-refractivity contribution in [1.82, 2.24) is 0 Å². The first-order valence-corrected chi connectivity index (χ1v) is 6.73. The van der Waals surface area contributed by atoms with Crippen molar-refractivity contribution in [2.24, 2.45) is 5.92 Å². The molecule has 0 aromatic heterocycles. The fourth-order valence-electron chi connectivity index (χ4n) is 1.32. The molecule has 0 saturated carbocycles. The highest BCUT2D eigenvalue weighted by Crippen LogP contribution is 2.33. The topological polar surface area (TPSA) is 63.3 Å². The molecule has 94 valence electrons. The number of carbonyl (C=O) groups is 1. The van der Waals surface area contributed by atoms with E-state index in [-0.39, 0.29) is 5.56 Å². The molecule has 0 bridgehead atoms. The van der Waals surface area contributed by atoms with Gasteiger partial charge in [0.25, 0.3) is 0 Å². The minimum absolute atomic E-state index is 0.184. The van der Waals surface area contributed by atoms with Gasteiger partial charge in [0, 0.05) is 10.6 Å². The van der Waals surface area contributed by atoms with Crippen LogP contribution in [0.4, 0.5) is 5.69 Å². The number of hydrogen-bond donors (Lipinski definition) is 2. The molecule has 0 aliphatic rings. The standard InChI is InChI=1S/C12H16ClNO2S/c1-7(2)3-4-17-11-9(12(15)16)5-8(14)6-10(11)13/h5-7H,3-4,14H2,1-2H3,(H,15,16). The summed E-state index contributed by atoms with van der Waals surface area (Å²) in [7, 11) is 0. The highest BCUT2D eigenvalue weighted by molar-refractivity contribution is 7.99. The van der Waals surface area contributed by atoms with Crippen LogP contribution in [0.2, 0.25) is 5.02 Å². The molecule has 0 heterocycles. The van der Waals surface area contributed by atoms with Crippen molar-refractivity contribution in [3.05, 3.63) is 22.7 Å². The molecular formula is C12H16ClNO2S. The lowest BCUT2D eigenvalue weighted by molar-refractivity contribution is 0.0693. The Morgan fingerprint density at radius 2 is 2.18 bits per heavy atom. The fraction of sp³-hybridized carbons (Fsp3) is 0.417. The Morgan fingerprint density at radius 1 is 1.53 bits per heavy atom. The van der Waals surface area contributed by atoms with Crippen LogP contribution in [-0.4, -0.2) is 16.8 Å². The Hall–Kier alpha value is -0.870. The number of anilines is 1. The van der Waals surface area contributed by atoms with Crippen molar-refractivity contribution in [3.8, 4) is 0 Å². The van der Waals surface area contributed by atoms with Gasteiger partial charge in [-0.3, -0.25) is 0 Å². The van der Waals surface area contributed by atoms with Gasteiger partial charge in [-0.15, -0.1) is 11.8 Å². The van der Waals surface area contributed by atoms with Crippen molar-refractivity contribution in [2.45, 2.75) is 25.2 Å². The summed E-state index contributed by atoms with van der Waals surface area (Å²) in [6.07, 6.45) is 1.02. The third-order valence-corrected chi connectivity index (χ3v) is 3.82. The number of thioether (sulfide) groups is 1. The van der Waals surface area contributed by atoms with E-state index in [1.54, 1.807) is 6.07 Å². The van der Waals surface area contributed by atoms with Gasteiger partial charge in [-0.05, 0) is 30.2 Å². The van der Waals surface area contributed by atoms with Crippen LogP contribution < -0.4 is 5.73 Å². The zero-order valence-electron chi connectivity index (χ0n) is 9.87. The van der Waals surface area contributed by atoms with E-state index in [2.05, 4.69) is 13.8 Å². The largest absolute Gasteiger partial charge is 0.478 e. The van der Waals surface area contributed by atoms with Gasteiger partial charge in [0.05, 0.1) is 10.6 Å². The van der Waals surface area contributed by atoms with Crippen LogP contribution in [0.5, 0.6) is 0 Å². The van der Waals surface area contributed by atoms with Crippen LogP contribution in [0.1, 0.15) is 30.6 Å². The van der Waals surface area contributed by atoms with Gasteiger partial charge < -0.3 is 10.8 Å². The lowest BCUT2D eigenvalue weighted by Crippen LogP contribution is -2.02. The van der Waals surface area contributed by atoms with Crippen molar-refractivity contribution in [3.63, 3.8) is 0 Å². The zero-order chi connectivity index (χ0) is 13.0. The summed E-state index contributed by atoms with van der Waals surface area (Å²) in [5, 5.41) is 9.51. The first-order valence-electron chi connectivity index (χ1n) is 5.37. The summed E-state index contributed by atoms with van der Waals surface area (Å²) in [6.45, 7) is 4.26.